The molecule has 2 aromatic heterocycles. The predicted octanol–water partition coefficient (Wildman–Crippen LogP) is 4.42. The van der Waals surface area contributed by atoms with E-state index in [1.54, 1.807) is 30.2 Å². The van der Waals surface area contributed by atoms with Crippen molar-refractivity contribution in [1.82, 2.24) is 24.1 Å². The first-order valence-electron chi connectivity index (χ1n) is 15.3. The smallest absolute Gasteiger partial charge is 0.419 e. The first-order chi connectivity index (χ1) is 22.1. The number of hydrogen-bond acceptors (Lipinski definition) is 8. The van der Waals surface area contributed by atoms with Gasteiger partial charge in [0.2, 0.25) is 11.7 Å². The normalized spacial score (nSPS) is 16.0. The lowest BCUT2D eigenvalue weighted by molar-refractivity contribution is -0.140. The van der Waals surface area contributed by atoms with Crippen LogP contribution in [0.25, 0.3) is 11.4 Å². The summed E-state index contributed by atoms with van der Waals surface area (Å²) in [4.78, 5) is 48.2. The molecule has 0 aliphatic carbocycles. The largest absolute Gasteiger partial charge is 0.444 e. The van der Waals surface area contributed by atoms with Gasteiger partial charge in [-0.05, 0) is 58.2 Å². The number of halogens is 4. The maximum atomic E-state index is 14.6. The quantitative estimate of drug-likeness (QED) is 0.385. The molecular formula is C31H37F4N7O5. The molecule has 1 N–H and O–H groups in total. The predicted molar refractivity (Wildman–Crippen MR) is 165 cm³/mol. The second kappa shape index (κ2) is 13.0. The van der Waals surface area contributed by atoms with Gasteiger partial charge in [0.15, 0.2) is 5.82 Å². The Labute approximate surface area is 267 Å². The van der Waals surface area contributed by atoms with Gasteiger partial charge < -0.3 is 29.2 Å². The SMILES string of the molecule is CCc1c(N2CCN(C(=O)OC(C)(C)C)CC2)c(=O)n2nc(C3=CCOCC3)nc2n1CC(=O)Nc1ccc(C(F)(F)F)c(F)c1C. The minimum Gasteiger partial charge on any atom is -0.444 e. The van der Waals surface area contributed by atoms with Gasteiger partial charge in [-0.15, -0.1) is 5.10 Å². The van der Waals surface area contributed by atoms with E-state index in [1.807, 2.05) is 17.9 Å². The number of aromatic nitrogens is 4. The molecule has 2 amide bonds. The highest BCUT2D eigenvalue weighted by atomic mass is 19.4. The summed E-state index contributed by atoms with van der Waals surface area (Å²) in [5.74, 6) is -1.76. The molecule has 2 aliphatic heterocycles. The van der Waals surface area contributed by atoms with Gasteiger partial charge in [0.1, 0.15) is 23.7 Å². The number of rotatable bonds is 6. The van der Waals surface area contributed by atoms with Crippen LogP contribution in [-0.2, 0) is 33.4 Å². The van der Waals surface area contributed by atoms with Crippen LogP contribution >= 0.6 is 0 Å². The molecule has 0 radical (unpaired) electrons. The number of piperazine rings is 1. The van der Waals surface area contributed by atoms with Gasteiger partial charge in [0.25, 0.3) is 5.56 Å². The third-order valence-corrected chi connectivity index (χ3v) is 7.93. The average molecular weight is 664 g/mol. The molecule has 0 unspecified atom stereocenters. The van der Waals surface area contributed by atoms with Crippen LogP contribution in [0.15, 0.2) is 23.0 Å². The van der Waals surface area contributed by atoms with E-state index in [9.17, 15) is 31.9 Å². The molecule has 5 rings (SSSR count). The van der Waals surface area contributed by atoms with Crippen molar-refractivity contribution in [3.63, 3.8) is 0 Å². The second-order valence-corrected chi connectivity index (χ2v) is 12.3. The van der Waals surface area contributed by atoms with Crippen molar-refractivity contribution >= 4 is 34.7 Å². The van der Waals surface area contributed by atoms with Crippen LogP contribution in [0, 0.1) is 12.7 Å². The molecule has 3 aromatic rings. The highest BCUT2D eigenvalue weighted by Gasteiger charge is 2.35. The number of fused-ring (bicyclic) bond motifs is 1. The van der Waals surface area contributed by atoms with E-state index in [0.717, 1.165) is 23.1 Å². The van der Waals surface area contributed by atoms with E-state index in [0.29, 0.717) is 56.7 Å². The number of anilines is 2. The summed E-state index contributed by atoms with van der Waals surface area (Å²) in [6.45, 7) is 9.86. The molecule has 1 fully saturated rings. The Kier molecular flexibility index (Phi) is 9.35. The lowest BCUT2D eigenvalue weighted by atomic mass is 10.1. The maximum absolute atomic E-state index is 14.6. The van der Waals surface area contributed by atoms with Crippen LogP contribution in [0.5, 0.6) is 0 Å². The fourth-order valence-corrected chi connectivity index (χ4v) is 5.61. The Morgan fingerprint density at radius 3 is 2.40 bits per heavy atom. The van der Waals surface area contributed by atoms with E-state index < -0.39 is 47.3 Å². The van der Waals surface area contributed by atoms with Crippen molar-refractivity contribution in [2.75, 3.05) is 49.6 Å². The monoisotopic (exact) mass is 663 g/mol. The summed E-state index contributed by atoms with van der Waals surface area (Å²) >= 11 is 0. The van der Waals surface area contributed by atoms with Gasteiger partial charge in [-0.3, -0.25) is 9.59 Å². The number of benzene rings is 1. The van der Waals surface area contributed by atoms with Crippen LogP contribution < -0.4 is 15.8 Å². The Morgan fingerprint density at radius 2 is 1.81 bits per heavy atom. The molecular weight excluding hydrogens is 626 g/mol. The number of ether oxygens (including phenoxy) is 2. The maximum Gasteiger partial charge on any atom is 0.419 e. The Bertz CT molecular complexity index is 1780. The number of carbonyl (C=O) groups excluding carboxylic acids is 2. The lowest BCUT2D eigenvalue weighted by Crippen LogP contribution is -2.51. The fourth-order valence-electron chi connectivity index (χ4n) is 5.61. The molecule has 16 heteroatoms. The van der Waals surface area contributed by atoms with Gasteiger partial charge in [-0.2, -0.15) is 22.7 Å². The first-order valence-corrected chi connectivity index (χ1v) is 15.3. The van der Waals surface area contributed by atoms with Crippen LogP contribution in [0.4, 0.5) is 33.7 Å². The summed E-state index contributed by atoms with van der Waals surface area (Å²) in [7, 11) is 0. The molecule has 1 aromatic carbocycles. The number of amides is 2. The number of alkyl halides is 3. The first kappa shape index (κ1) is 33.9. The van der Waals surface area contributed by atoms with Crippen molar-refractivity contribution in [2.24, 2.45) is 0 Å². The highest BCUT2D eigenvalue weighted by Crippen LogP contribution is 2.34. The number of hydrogen-bond donors (Lipinski definition) is 1. The summed E-state index contributed by atoms with van der Waals surface area (Å²) in [6, 6.07) is 1.58. The molecule has 0 bridgehead atoms. The minimum atomic E-state index is -4.89. The van der Waals surface area contributed by atoms with Gasteiger partial charge in [-0.25, -0.2) is 9.18 Å². The Hall–Kier alpha value is -4.47. The van der Waals surface area contributed by atoms with Crippen LogP contribution in [0.3, 0.4) is 0 Å². The van der Waals surface area contributed by atoms with Crippen molar-refractivity contribution in [3.8, 4) is 0 Å². The van der Waals surface area contributed by atoms with Crippen LogP contribution in [-0.4, -0.2) is 81.1 Å². The number of nitrogens with one attached hydrogen (secondary N) is 1. The van der Waals surface area contributed by atoms with Crippen molar-refractivity contribution < 1.29 is 36.6 Å². The molecule has 1 saturated heterocycles. The number of nitrogens with zero attached hydrogens (tertiary/aromatic N) is 6. The molecule has 0 saturated carbocycles. The highest BCUT2D eigenvalue weighted by molar-refractivity contribution is 5.92. The summed E-state index contributed by atoms with van der Waals surface area (Å²) < 4.78 is 67.8. The molecule has 2 aliphatic rings. The molecule has 47 heavy (non-hydrogen) atoms. The zero-order chi connectivity index (χ0) is 34.3. The minimum absolute atomic E-state index is 0.0934. The molecule has 0 spiro atoms. The molecule has 4 heterocycles. The van der Waals surface area contributed by atoms with Gasteiger partial charge in [0, 0.05) is 37.4 Å². The van der Waals surface area contributed by atoms with Crippen molar-refractivity contribution in [3.05, 3.63) is 57.0 Å². The van der Waals surface area contributed by atoms with E-state index >= 15 is 0 Å². The molecule has 12 nitrogen and oxygen atoms in total. The standard InChI is InChI=1S/C31H37F4N7O5/c1-6-22-25(39-11-13-40(14-12-39)29(45)47-30(3,4)5)27(44)42-28(37-26(38-42)19-9-15-46-16-10-19)41(22)17-23(43)36-21-8-7-20(31(33,34)35)24(32)18(21)2/h7-9H,6,10-17H2,1-5H3,(H,36,43). The van der Waals surface area contributed by atoms with Gasteiger partial charge in [-0.1, -0.05) is 13.0 Å². The lowest BCUT2D eigenvalue weighted by Gasteiger charge is -2.37. The number of carbonyl (C=O) groups is 2. The van der Waals surface area contributed by atoms with Gasteiger partial charge >= 0.3 is 12.3 Å². The molecule has 0 atom stereocenters. The van der Waals surface area contributed by atoms with Gasteiger partial charge in [0.05, 0.1) is 24.5 Å². The third kappa shape index (κ3) is 7.11. The third-order valence-electron chi connectivity index (χ3n) is 7.93. The average Bonchev–Trinajstić information content (AvgIpc) is 3.46. The second-order valence-electron chi connectivity index (χ2n) is 12.3. The van der Waals surface area contributed by atoms with E-state index in [1.165, 1.54) is 0 Å². The van der Waals surface area contributed by atoms with Crippen molar-refractivity contribution in [1.29, 1.82) is 0 Å². The van der Waals surface area contributed by atoms with E-state index in [-0.39, 0.29) is 35.8 Å². The van der Waals surface area contributed by atoms with Crippen LogP contribution in [0.1, 0.15) is 56.8 Å². The topological polar surface area (TPSA) is 123 Å². The zero-order valence-electron chi connectivity index (χ0n) is 26.8. The fraction of sp³-hybridized carbons (Fsp3) is 0.516. The molecule has 254 valence electrons. The summed E-state index contributed by atoms with van der Waals surface area (Å²) in [5, 5.41) is 7.02. The van der Waals surface area contributed by atoms with E-state index in [2.05, 4.69) is 15.4 Å². The summed E-state index contributed by atoms with van der Waals surface area (Å²) in [6.07, 6.45) is -2.72. The Balaban J connectivity index is 1.52. The summed E-state index contributed by atoms with van der Waals surface area (Å²) in [5.41, 5.74) is -1.51. The zero-order valence-corrected chi connectivity index (χ0v) is 26.8. The van der Waals surface area contributed by atoms with Crippen molar-refractivity contribution in [2.45, 2.75) is 65.8 Å². The Morgan fingerprint density at radius 1 is 1.11 bits per heavy atom. The van der Waals surface area contributed by atoms with Crippen LogP contribution in [0.2, 0.25) is 0 Å². The van der Waals surface area contributed by atoms with E-state index in [4.69, 9.17) is 9.47 Å².